The average molecular weight is 340 g/mol. The second kappa shape index (κ2) is 7.07. The molecule has 110 valence electrons. The lowest BCUT2D eigenvalue weighted by Crippen LogP contribution is -2.15. The number of carbonyl (C=O) groups excluding carboxylic acids is 1. The largest absolute Gasteiger partial charge is 0.493 e. The highest BCUT2D eigenvalue weighted by atomic mass is 35.6. The summed E-state index contributed by atoms with van der Waals surface area (Å²) in [7, 11) is 4.50. The van der Waals surface area contributed by atoms with Gasteiger partial charge in [-0.15, -0.1) is 0 Å². The number of methoxy groups -OCH3 is 3. The molecule has 1 aromatic rings. The SMILES string of the molecule is COc1cc(C=CC(=O)C(Cl)(Cl)Cl)cc(OC)c1OC. The highest BCUT2D eigenvalue weighted by Crippen LogP contribution is 2.38. The van der Waals surface area contributed by atoms with E-state index in [4.69, 9.17) is 49.0 Å². The molecule has 0 aliphatic rings. The first kappa shape index (κ1) is 17.0. The summed E-state index contributed by atoms with van der Waals surface area (Å²) < 4.78 is 13.6. The van der Waals surface area contributed by atoms with Crippen molar-refractivity contribution in [1.82, 2.24) is 0 Å². The molecule has 0 aliphatic heterocycles. The lowest BCUT2D eigenvalue weighted by Gasteiger charge is -2.13. The van der Waals surface area contributed by atoms with Crippen molar-refractivity contribution in [3.8, 4) is 17.2 Å². The molecule has 4 nitrogen and oxygen atoms in total. The van der Waals surface area contributed by atoms with Crippen LogP contribution in [0.25, 0.3) is 6.08 Å². The van der Waals surface area contributed by atoms with Crippen molar-refractivity contribution in [2.75, 3.05) is 21.3 Å². The molecule has 0 amide bonds. The minimum absolute atomic E-state index is 0.458. The molecule has 0 heterocycles. The minimum Gasteiger partial charge on any atom is -0.493 e. The molecule has 0 fully saturated rings. The number of benzene rings is 1. The Morgan fingerprint density at radius 3 is 1.90 bits per heavy atom. The van der Waals surface area contributed by atoms with Gasteiger partial charge in [-0.1, -0.05) is 40.9 Å². The number of ether oxygens (including phenoxy) is 3. The zero-order valence-electron chi connectivity index (χ0n) is 11.1. The molecular weight excluding hydrogens is 326 g/mol. The van der Waals surface area contributed by atoms with Crippen molar-refractivity contribution < 1.29 is 19.0 Å². The maximum absolute atomic E-state index is 11.5. The first-order chi connectivity index (χ1) is 9.33. The lowest BCUT2D eigenvalue weighted by atomic mass is 10.1. The minimum atomic E-state index is -1.98. The van der Waals surface area contributed by atoms with Gasteiger partial charge in [0.1, 0.15) is 0 Å². The third-order valence-corrected chi connectivity index (χ3v) is 2.95. The molecule has 1 rings (SSSR count). The number of halogens is 3. The first-order valence-electron chi connectivity index (χ1n) is 5.42. The monoisotopic (exact) mass is 338 g/mol. The topological polar surface area (TPSA) is 44.8 Å². The van der Waals surface area contributed by atoms with Gasteiger partial charge in [0, 0.05) is 0 Å². The van der Waals surface area contributed by atoms with Gasteiger partial charge >= 0.3 is 0 Å². The van der Waals surface area contributed by atoms with Crippen LogP contribution in [-0.2, 0) is 4.79 Å². The molecule has 0 saturated heterocycles. The van der Waals surface area contributed by atoms with Gasteiger partial charge in [-0.2, -0.15) is 0 Å². The standard InChI is InChI=1S/C13H13Cl3O4/c1-18-9-6-8(4-5-11(17)13(14,15)16)7-10(19-2)12(9)20-3/h4-7H,1-3H3. The Balaban J connectivity index is 3.14. The molecule has 0 atom stereocenters. The Kier molecular flexibility index (Phi) is 5.99. The van der Waals surface area contributed by atoms with E-state index in [0.29, 0.717) is 22.8 Å². The summed E-state index contributed by atoms with van der Waals surface area (Å²) >= 11 is 16.4. The van der Waals surface area contributed by atoms with Gasteiger partial charge in [0.15, 0.2) is 11.5 Å². The average Bonchev–Trinajstić information content (AvgIpc) is 2.42. The van der Waals surface area contributed by atoms with E-state index in [9.17, 15) is 4.79 Å². The van der Waals surface area contributed by atoms with E-state index in [1.54, 1.807) is 12.1 Å². The molecule has 0 N–H and O–H groups in total. The van der Waals surface area contributed by atoms with E-state index in [-0.39, 0.29) is 0 Å². The normalized spacial score (nSPS) is 11.5. The van der Waals surface area contributed by atoms with Crippen molar-refractivity contribution in [2.45, 2.75) is 3.79 Å². The van der Waals surface area contributed by atoms with E-state index in [1.807, 2.05) is 0 Å². The maximum Gasteiger partial charge on any atom is 0.252 e. The van der Waals surface area contributed by atoms with Crippen molar-refractivity contribution in [3.05, 3.63) is 23.8 Å². The van der Waals surface area contributed by atoms with Gasteiger partial charge < -0.3 is 14.2 Å². The highest BCUT2D eigenvalue weighted by molar-refractivity contribution is 6.77. The number of rotatable bonds is 5. The number of allylic oxidation sites excluding steroid dienone is 1. The first-order valence-corrected chi connectivity index (χ1v) is 6.56. The van der Waals surface area contributed by atoms with Gasteiger partial charge in [0.2, 0.25) is 11.5 Å². The lowest BCUT2D eigenvalue weighted by molar-refractivity contribution is -0.113. The van der Waals surface area contributed by atoms with Crippen LogP contribution in [0.15, 0.2) is 18.2 Å². The summed E-state index contributed by atoms with van der Waals surface area (Å²) in [6.45, 7) is 0. The highest BCUT2D eigenvalue weighted by Gasteiger charge is 2.27. The molecule has 20 heavy (non-hydrogen) atoms. The Hall–Kier alpha value is -1.10. The fourth-order valence-electron chi connectivity index (χ4n) is 1.46. The van der Waals surface area contributed by atoms with Crippen LogP contribution < -0.4 is 14.2 Å². The van der Waals surface area contributed by atoms with E-state index in [0.717, 1.165) is 0 Å². The van der Waals surface area contributed by atoms with E-state index < -0.39 is 9.58 Å². The fraction of sp³-hybridized carbons (Fsp3) is 0.308. The summed E-state index contributed by atoms with van der Waals surface area (Å²) in [5.74, 6) is 0.747. The summed E-state index contributed by atoms with van der Waals surface area (Å²) in [5.41, 5.74) is 0.641. The van der Waals surface area contributed by atoms with E-state index >= 15 is 0 Å². The Morgan fingerprint density at radius 2 is 1.55 bits per heavy atom. The van der Waals surface area contributed by atoms with Crippen LogP contribution >= 0.6 is 34.8 Å². The van der Waals surface area contributed by atoms with Crippen LogP contribution in [0.5, 0.6) is 17.2 Å². The molecule has 0 aromatic heterocycles. The van der Waals surface area contributed by atoms with Crippen LogP contribution in [0, 0.1) is 0 Å². The number of hydrogen-bond donors (Lipinski definition) is 0. The zero-order chi connectivity index (χ0) is 15.3. The summed E-state index contributed by atoms with van der Waals surface area (Å²) in [4.78, 5) is 11.5. The molecule has 7 heteroatoms. The van der Waals surface area contributed by atoms with Crippen LogP contribution in [0.2, 0.25) is 0 Å². The predicted octanol–water partition coefficient (Wildman–Crippen LogP) is 3.66. The van der Waals surface area contributed by atoms with Crippen molar-refractivity contribution >= 4 is 46.7 Å². The molecule has 0 bridgehead atoms. The molecular formula is C13H13Cl3O4. The third-order valence-electron chi connectivity index (χ3n) is 2.39. The Morgan fingerprint density at radius 1 is 1.05 bits per heavy atom. The fourth-order valence-corrected chi connectivity index (χ4v) is 1.65. The quantitative estimate of drug-likeness (QED) is 0.606. The van der Waals surface area contributed by atoms with Crippen LogP contribution in [0.1, 0.15) is 5.56 Å². The maximum atomic E-state index is 11.5. The molecule has 0 saturated carbocycles. The second-order valence-corrected chi connectivity index (χ2v) is 5.94. The third kappa shape index (κ3) is 4.20. The van der Waals surface area contributed by atoms with Gasteiger partial charge in [-0.3, -0.25) is 4.79 Å². The smallest absolute Gasteiger partial charge is 0.252 e. The summed E-state index contributed by atoms with van der Waals surface area (Å²) in [6, 6.07) is 3.34. The van der Waals surface area contributed by atoms with Crippen LogP contribution in [-0.4, -0.2) is 30.9 Å². The van der Waals surface area contributed by atoms with Crippen molar-refractivity contribution in [3.63, 3.8) is 0 Å². The predicted molar refractivity (Wildman–Crippen MR) is 80.4 cm³/mol. The Labute approximate surface area is 132 Å². The van der Waals surface area contributed by atoms with Crippen LogP contribution in [0.3, 0.4) is 0 Å². The molecule has 0 aliphatic carbocycles. The van der Waals surface area contributed by atoms with E-state index in [2.05, 4.69) is 0 Å². The van der Waals surface area contributed by atoms with Gasteiger partial charge in [-0.25, -0.2) is 0 Å². The second-order valence-electron chi connectivity index (χ2n) is 3.65. The number of hydrogen-bond acceptors (Lipinski definition) is 4. The van der Waals surface area contributed by atoms with Gasteiger partial charge in [0.05, 0.1) is 21.3 Å². The Bertz CT molecular complexity index is 496. The number of carbonyl (C=O) groups is 1. The summed E-state index contributed by atoms with van der Waals surface area (Å²) in [5, 5.41) is 0. The van der Waals surface area contributed by atoms with Gasteiger partial charge in [0.25, 0.3) is 3.79 Å². The van der Waals surface area contributed by atoms with Crippen molar-refractivity contribution in [1.29, 1.82) is 0 Å². The molecule has 0 unspecified atom stereocenters. The number of ketones is 1. The van der Waals surface area contributed by atoms with Crippen molar-refractivity contribution in [2.24, 2.45) is 0 Å². The van der Waals surface area contributed by atoms with Gasteiger partial charge in [-0.05, 0) is 23.8 Å². The zero-order valence-corrected chi connectivity index (χ0v) is 13.3. The van der Waals surface area contributed by atoms with E-state index in [1.165, 1.54) is 33.5 Å². The molecule has 1 aromatic carbocycles. The molecule has 0 spiro atoms. The molecule has 0 radical (unpaired) electrons. The summed E-state index contributed by atoms with van der Waals surface area (Å²) in [6.07, 6.45) is 2.67. The van der Waals surface area contributed by atoms with Crippen LogP contribution in [0.4, 0.5) is 0 Å². The number of alkyl halides is 3.